The van der Waals surface area contributed by atoms with Gasteiger partial charge in [0.2, 0.25) is 6.79 Å². The summed E-state index contributed by atoms with van der Waals surface area (Å²) in [6.07, 6.45) is 1.44. The normalized spacial score (nSPS) is 19.1. The Morgan fingerprint density at radius 3 is 2.59 bits per heavy atom. The Morgan fingerprint density at radius 1 is 1.03 bits per heavy atom. The smallest absolute Gasteiger partial charge is 0.296 e. The van der Waals surface area contributed by atoms with Gasteiger partial charge in [0.1, 0.15) is 17.6 Å². The third-order valence-electron chi connectivity index (χ3n) is 5.34. The highest BCUT2D eigenvalue weighted by molar-refractivity contribution is 6.46. The van der Waals surface area contributed by atoms with Crippen molar-refractivity contribution in [1.82, 2.24) is 4.90 Å². The third-order valence-corrected chi connectivity index (χ3v) is 6.07. The summed E-state index contributed by atoms with van der Waals surface area (Å²) < 4.78 is 16.3. The van der Waals surface area contributed by atoms with E-state index < -0.39 is 17.7 Å². The first-order valence-corrected chi connectivity index (χ1v) is 10.4. The van der Waals surface area contributed by atoms with Crippen LogP contribution in [-0.2, 0) is 16.1 Å². The van der Waals surface area contributed by atoms with Crippen molar-refractivity contribution in [3.05, 3.63) is 87.3 Å². The molecule has 0 bridgehead atoms. The number of benzene rings is 2. The van der Waals surface area contributed by atoms with Crippen molar-refractivity contribution in [2.24, 2.45) is 0 Å². The molecule has 9 heteroatoms. The lowest BCUT2D eigenvalue weighted by Gasteiger charge is -2.23. The van der Waals surface area contributed by atoms with Gasteiger partial charge in [0.15, 0.2) is 11.5 Å². The number of ether oxygens (including phenoxy) is 2. The Labute approximate surface area is 192 Å². The first kappa shape index (κ1) is 20.5. The summed E-state index contributed by atoms with van der Waals surface area (Å²) in [5.74, 6) is -0.438. The standard InChI is InChI=1S/C23H15Cl2NO6/c24-14-5-4-13(9-15(14)25)21(27)19-20(17-2-1-7-30-17)26(23(29)22(19)28)10-12-3-6-16-18(8-12)32-11-31-16/h1-9,20,27H,10-11H2/b21-19-. The van der Waals surface area contributed by atoms with Gasteiger partial charge in [0, 0.05) is 12.1 Å². The third kappa shape index (κ3) is 3.39. The molecule has 3 aromatic rings. The molecule has 0 radical (unpaired) electrons. The molecule has 1 saturated heterocycles. The molecule has 0 aliphatic carbocycles. The zero-order valence-electron chi connectivity index (χ0n) is 16.4. The zero-order chi connectivity index (χ0) is 22.4. The number of Topliss-reactive ketones (excluding diaryl/α,β-unsaturated/α-hetero) is 1. The van der Waals surface area contributed by atoms with Crippen molar-refractivity contribution in [3.63, 3.8) is 0 Å². The molecule has 1 amide bonds. The predicted octanol–water partition coefficient (Wildman–Crippen LogP) is 4.94. The maximum absolute atomic E-state index is 13.0. The van der Waals surface area contributed by atoms with E-state index in [1.165, 1.54) is 29.4 Å². The minimum absolute atomic E-state index is 0.0880. The molecule has 2 aliphatic rings. The Balaban J connectivity index is 1.59. The lowest BCUT2D eigenvalue weighted by molar-refractivity contribution is -0.140. The maximum atomic E-state index is 13.0. The van der Waals surface area contributed by atoms with Gasteiger partial charge in [-0.05, 0) is 48.0 Å². The van der Waals surface area contributed by atoms with Crippen LogP contribution < -0.4 is 9.47 Å². The molecule has 7 nitrogen and oxygen atoms in total. The minimum atomic E-state index is -0.926. The van der Waals surface area contributed by atoms with Crippen LogP contribution in [0.5, 0.6) is 11.5 Å². The number of ketones is 1. The number of hydrogen-bond donors (Lipinski definition) is 1. The molecule has 5 rings (SSSR count). The Bertz CT molecular complexity index is 1270. The number of hydrogen-bond acceptors (Lipinski definition) is 6. The largest absolute Gasteiger partial charge is 0.507 e. The number of carbonyl (C=O) groups is 2. The number of fused-ring (bicyclic) bond motifs is 1. The number of aliphatic hydroxyl groups is 1. The van der Waals surface area contributed by atoms with Crippen molar-refractivity contribution in [3.8, 4) is 11.5 Å². The molecular formula is C23H15Cl2NO6. The van der Waals surface area contributed by atoms with Gasteiger partial charge in [-0.1, -0.05) is 29.3 Å². The van der Waals surface area contributed by atoms with Crippen LogP contribution in [0, 0.1) is 0 Å². The molecule has 0 saturated carbocycles. The number of rotatable bonds is 4. The summed E-state index contributed by atoms with van der Waals surface area (Å²) >= 11 is 12.0. The number of nitrogens with zero attached hydrogens (tertiary/aromatic N) is 1. The monoisotopic (exact) mass is 471 g/mol. The van der Waals surface area contributed by atoms with Crippen LogP contribution >= 0.6 is 23.2 Å². The molecule has 3 heterocycles. The van der Waals surface area contributed by atoms with E-state index in [0.29, 0.717) is 22.3 Å². The molecule has 162 valence electrons. The second-order valence-corrected chi connectivity index (χ2v) is 8.07. The molecule has 2 aromatic carbocycles. The van der Waals surface area contributed by atoms with E-state index in [0.717, 1.165) is 5.56 Å². The molecule has 1 atom stereocenters. The van der Waals surface area contributed by atoms with E-state index in [2.05, 4.69) is 0 Å². The van der Waals surface area contributed by atoms with Crippen LogP contribution in [0.3, 0.4) is 0 Å². The first-order chi connectivity index (χ1) is 15.4. The molecule has 2 aliphatic heterocycles. The van der Waals surface area contributed by atoms with Crippen molar-refractivity contribution >= 4 is 40.7 Å². The van der Waals surface area contributed by atoms with E-state index in [-0.39, 0.29) is 35.3 Å². The van der Waals surface area contributed by atoms with Gasteiger partial charge in [-0.25, -0.2) is 0 Å². The highest BCUT2D eigenvalue weighted by Gasteiger charge is 2.47. The van der Waals surface area contributed by atoms with Crippen LogP contribution in [-0.4, -0.2) is 28.5 Å². The van der Waals surface area contributed by atoms with Crippen LogP contribution in [0.2, 0.25) is 10.0 Å². The van der Waals surface area contributed by atoms with Crippen molar-refractivity contribution in [1.29, 1.82) is 0 Å². The number of furan rings is 1. The summed E-state index contributed by atoms with van der Waals surface area (Å²) in [6, 6.07) is 12.1. The Morgan fingerprint density at radius 2 is 1.84 bits per heavy atom. The minimum Gasteiger partial charge on any atom is -0.507 e. The van der Waals surface area contributed by atoms with E-state index in [9.17, 15) is 14.7 Å². The fraction of sp³-hybridized carbons (Fsp3) is 0.130. The summed E-state index contributed by atoms with van der Waals surface area (Å²) in [6.45, 7) is 0.212. The molecule has 1 aromatic heterocycles. The van der Waals surface area contributed by atoms with Crippen LogP contribution in [0.1, 0.15) is 22.9 Å². The van der Waals surface area contributed by atoms with E-state index >= 15 is 0 Å². The lowest BCUT2D eigenvalue weighted by Crippen LogP contribution is -2.29. The number of amides is 1. The molecule has 1 fully saturated rings. The SMILES string of the molecule is O=C1C(=O)N(Cc2ccc3c(c2)OCO3)C(c2ccco2)/C1=C(/O)c1ccc(Cl)c(Cl)c1. The summed E-state index contributed by atoms with van der Waals surface area (Å²) in [7, 11) is 0. The van der Waals surface area contributed by atoms with E-state index in [1.807, 2.05) is 0 Å². The molecule has 1 unspecified atom stereocenters. The summed E-state index contributed by atoms with van der Waals surface area (Å²) in [4.78, 5) is 27.4. The average Bonchev–Trinajstić information content (AvgIpc) is 3.52. The molecular weight excluding hydrogens is 457 g/mol. The maximum Gasteiger partial charge on any atom is 0.296 e. The van der Waals surface area contributed by atoms with Crippen molar-refractivity contribution in [2.75, 3.05) is 6.79 Å². The number of halogens is 2. The van der Waals surface area contributed by atoms with E-state index in [4.69, 9.17) is 37.1 Å². The number of carbonyl (C=O) groups excluding carboxylic acids is 2. The number of likely N-dealkylation sites (tertiary alicyclic amines) is 1. The van der Waals surface area contributed by atoms with Gasteiger partial charge >= 0.3 is 0 Å². The quantitative estimate of drug-likeness (QED) is 0.329. The van der Waals surface area contributed by atoms with Gasteiger partial charge in [0.25, 0.3) is 11.7 Å². The van der Waals surface area contributed by atoms with Crippen molar-refractivity contribution < 1.29 is 28.6 Å². The molecule has 0 spiro atoms. The lowest BCUT2D eigenvalue weighted by atomic mass is 9.99. The average molecular weight is 472 g/mol. The van der Waals surface area contributed by atoms with Gasteiger partial charge in [-0.15, -0.1) is 0 Å². The van der Waals surface area contributed by atoms with E-state index in [1.54, 1.807) is 30.3 Å². The summed E-state index contributed by atoms with van der Waals surface area (Å²) in [5.41, 5.74) is 0.892. The van der Waals surface area contributed by atoms with Crippen LogP contribution in [0.4, 0.5) is 0 Å². The molecule has 1 N–H and O–H groups in total. The highest BCUT2D eigenvalue weighted by atomic mass is 35.5. The summed E-state index contributed by atoms with van der Waals surface area (Å²) in [5, 5.41) is 11.5. The van der Waals surface area contributed by atoms with Gasteiger partial charge in [-0.3, -0.25) is 9.59 Å². The zero-order valence-corrected chi connectivity index (χ0v) is 17.9. The van der Waals surface area contributed by atoms with Crippen LogP contribution in [0.25, 0.3) is 5.76 Å². The Hall–Kier alpha value is -3.42. The number of aliphatic hydroxyl groups excluding tert-OH is 1. The topological polar surface area (TPSA) is 89.2 Å². The van der Waals surface area contributed by atoms with Crippen LogP contribution in [0.15, 0.2) is 64.8 Å². The second kappa shape index (κ2) is 7.93. The Kier molecular flexibility index (Phi) is 5.07. The first-order valence-electron chi connectivity index (χ1n) is 9.60. The fourth-order valence-electron chi connectivity index (χ4n) is 3.82. The van der Waals surface area contributed by atoms with Gasteiger partial charge in [-0.2, -0.15) is 0 Å². The fourth-order valence-corrected chi connectivity index (χ4v) is 4.12. The van der Waals surface area contributed by atoms with Crippen molar-refractivity contribution in [2.45, 2.75) is 12.6 Å². The van der Waals surface area contributed by atoms with Gasteiger partial charge in [0.05, 0.1) is 21.9 Å². The second-order valence-electron chi connectivity index (χ2n) is 7.26. The predicted molar refractivity (Wildman–Crippen MR) is 116 cm³/mol. The highest BCUT2D eigenvalue weighted by Crippen LogP contribution is 2.42. The molecule has 32 heavy (non-hydrogen) atoms. The van der Waals surface area contributed by atoms with Gasteiger partial charge < -0.3 is 23.9 Å².